The fraction of sp³-hybridized carbons (Fsp3) is 0.235. The van der Waals surface area contributed by atoms with Gasteiger partial charge in [-0.3, -0.25) is 4.79 Å². The summed E-state index contributed by atoms with van der Waals surface area (Å²) in [5.74, 6) is -0.599. The van der Waals surface area contributed by atoms with Crippen LogP contribution in [0.2, 0.25) is 0 Å². The first kappa shape index (κ1) is 20.9. The number of methoxy groups -OCH3 is 2. The fourth-order valence-corrected chi connectivity index (χ4v) is 4.84. The van der Waals surface area contributed by atoms with Crippen LogP contribution in [0, 0.1) is 0 Å². The molecule has 8 nitrogen and oxygen atoms in total. The summed E-state index contributed by atoms with van der Waals surface area (Å²) < 4.78 is 62.3. The smallest absolute Gasteiger partial charge is 0.306 e. The highest BCUT2D eigenvalue weighted by molar-refractivity contribution is 7.91. The molecule has 0 aliphatic heterocycles. The molecule has 0 radical (unpaired) electrons. The summed E-state index contributed by atoms with van der Waals surface area (Å²) in [4.78, 5) is 10.6. The van der Waals surface area contributed by atoms with Gasteiger partial charge in [0.25, 0.3) is 0 Å². The fourth-order valence-electron chi connectivity index (χ4n) is 2.24. The standard InChI is InChI=1S/C17H19NO7S2/c1-24-15-9-8-14(26(20,21)13-6-4-3-5-7-13)12-16(15)27(22,23)18-11-10-17(19)25-2/h3-9,12,18H,10-11H2,1-2H3. The van der Waals surface area contributed by atoms with Crippen LogP contribution in [0.3, 0.4) is 0 Å². The van der Waals surface area contributed by atoms with E-state index in [0.29, 0.717) is 0 Å². The van der Waals surface area contributed by atoms with Gasteiger partial charge in [0.05, 0.1) is 30.4 Å². The molecule has 0 spiro atoms. The van der Waals surface area contributed by atoms with Crippen LogP contribution in [0.1, 0.15) is 6.42 Å². The highest BCUT2D eigenvalue weighted by atomic mass is 32.2. The number of esters is 1. The van der Waals surface area contributed by atoms with Crippen LogP contribution in [-0.2, 0) is 29.4 Å². The molecule has 0 aromatic heterocycles. The Labute approximate surface area is 158 Å². The second kappa shape index (κ2) is 8.51. The number of rotatable bonds is 8. The van der Waals surface area contributed by atoms with Gasteiger partial charge in [-0.2, -0.15) is 0 Å². The number of hydrogen-bond donors (Lipinski definition) is 1. The van der Waals surface area contributed by atoms with Crippen molar-refractivity contribution in [3.63, 3.8) is 0 Å². The molecule has 0 saturated carbocycles. The van der Waals surface area contributed by atoms with Crippen molar-refractivity contribution >= 4 is 25.8 Å². The molecular formula is C17H19NO7S2. The highest BCUT2D eigenvalue weighted by Crippen LogP contribution is 2.29. The molecule has 0 unspecified atom stereocenters. The summed E-state index contributed by atoms with van der Waals surface area (Å²) in [6, 6.07) is 11.2. The molecule has 0 heterocycles. The molecule has 2 rings (SSSR count). The molecule has 27 heavy (non-hydrogen) atoms. The number of ether oxygens (including phenoxy) is 2. The van der Waals surface area contributed by atoms with Crippen molar-refractivity contribution in [2.24, 2.45) is 0 Å². The van der Waals surface area contributed by atoms with Crippen LogP contribution in [0.15, 0.2) is 63.2 Å². The molecule has 2 aromatic rings. The molecule has 0 aliphatic rings. The monoisotopic (exact) mass is 413 g/mol. The lowest BCUT2D eigenvalue weighted by Crippen LogP contribution is -2.27. The average molecular weight is 413 g/mol. The Kier molecular flexibility index (Phi) is 6.58. The van der Waals surface area contributed by atoms with E-state index in [4.69, 9.17) is 4.74 Å². The van der Waals surface area contributed by atoms with Crippen molar-refractivity contribution in [3.05, 3.63) is 48.5 Å². The Morgan fingerprint density at radius 3 is 2.22 bits per heavy atom. The molecule has 0 atom stereocenters. The van der Waals surface area contributed by atoms with Gasteiger partial charge >= 0.3 is 5.97 Å². The first-order valence-corrected chi connectivity index (χ1v) is 10.7. The van der Waals surface area contributed by atoms with Crippen molar-refractivity contribution < 1.29 is 31.1 Å². The van der Waals surface area contributed by atoms with Crippen LogP contribution in [0.5, 0.6) is 5.75 Å². The highest BCUT2D eigenvalue weighted by Gasteiger charge is 2.25. The van der Waals surface area contributed by atoms with E-state index in [1.807, 2.05) is 0 Å². The number of sulfonamides is 1. The van der Waals surface area contributed by atoms with E-state index < -0.39 is 25.8 Å². The lowest BCUT2D eigenvalue weighted by atomic mass is 10.3. The third kappa shape index (κ3) is 4.85. The molecule has 1 N–H and O–H groups in total. The van der Waals surface area contributed by atoms with E-state index in [-0.39, 0.29) is 33.4 Å². The van der Waals surface area contributed by atoms with Crippen LogP contribution < -0.4 is 9.46 Å². The zero-order chi connectivity index (χ0) is 20.1. The number of sulfone groups is 1. The van der Waals surface area contributed by atoms with Gasteiger partial charge in [0.2, 0.25) is 19.9 Å². The van der Waals surface area contributed by atoms with Crippen LogP contribution in [0.25, 0.3) is 0 Å². The zero-order valence-corrected chi connectivity index (χ0v) is 16.3. The molecule has 0 fully saturated rings. The number of hydrogen-bond acceptors (Lipinski definition) is 7. The number of carbonyl (C=O) groups is 1. The molecule has 0 aliphatic carbocycles. The average Bonchev–Trinajstić information content (AvgIpc) is 2.67. The lowest BCUT2D eigenvalue weighted by molar-refractivity contribution is -0.140. The van der Waals surface area contributed by atoms with Gasteiger partial charge in [-0.15, -0.1) is 0 Å². The maximum atomic E-state index is 12.7. The van der Waals surface area contributed by atoms with E-state index in [9.17, 15) is 21.6 Å². The molecule has 0 amide bonds. The van der Waals surface area contributed by atoms with Gasteiger partial charge in [0.1, 0.15) is 10.6 Å². The topological polar surface area (TPSA) is 116 Å². The van der Waals surface area contributed by atoms with Crippen LogP contribution in [0.4, 0.5) is 0 Å². The van der Waals surface area contributed by atoms with E-state index in [0.717, 1.165) is 6.07 Å². The van der Waals surface area contributed by atoms with E-state index in [1.54, 1.807) is 18.2 Å². The minimum absolute atomic E-state index is 0.0208. The minimum Gasteiger partial charge on any atom is -0.495 e. The molecule has 10 heteroatoms. The Bertz CT molecular complexity index is 1020. The van der Waals surface area contributed by atoms with Crippen LogP contribution >= 0.6 is 0 Å². The summed E-state index contributed by atoms with van der Waals surface area (Å²) in [7, 11) is -5.56. The Morgan fingerprint density at radius 1 is 0.963 bits per heavy atom. The van der Waals surface area contributed by atoms with Gasteiger partial charge in [-0.25, -0.2) is 21.6 Å². The molecular weight excluding hydrogens is 394 g/mol. The molecule has 2 aromatic carbocycles. The summed E-state index contributed by atoms with van der Waals surface area (Å²) in [6.45, 7) is -0.201. The van der Waals surface area contributed by atoms with E-state index in [2.05, 4.69) is 9.46 Å². The SMILES string of the molecule is COC(=O)CCNS(=O)(=O)c1cc(S(=O)(=O)c2ccccc2)ccc1OC. The maximum absolute atomic E-state index is 12.7. The lowest BCUT2D eigenvalue weighted by Gasteiger charge is -2.13. The van der Waals surface area contributed by atoms with E-state index in [1.165, 1.54) is 38.5 Å². The van der Waals surface area contributed by atoms with Gasteiger partial charge in [0.15, 0.2) is 0 Å². The number of benzene rings is 2. The Balaban J connectivity index is 2.42. The predicted octanol–water partition coefficient (Wildman–Crippen LogP) is 1.37. The third-order valence-corrected chi connectivity index (χ3v) is 6.89. The number of nitrogens with one attached hydrogen (secondary N) is 1. The number of carbonyl (C=O) groups excluding carboxylic acids is 1. The van der Waals surface area contributed by atoms with Crippen molar-refractivity contribution in [3.8, 4) is 5.75 Å². The zero-order valence-electron chi connectivity index (χ0n) is 14.7. The third-order valence-electron chi connectivity index (χ3n) is 3.64. The molecule has 0 saturated heterocycles. The molecule has 0 bridgehead atoms. The largest absolute Gasteiger partial charge is 0.495 e. The second-order valence-corrected chi connectivity index (χ2v) is 9.04. The predicted molar refractivity (Wildman–Crippen MR) is 96.7 cm³/mol. The van der Waals surface area contributed by atoms with Gasteiger partial charge in [-0.1, -0.05) is 18.2 Å². The van der Waals surface area contributed by atoms with Crippen molar-refractivity contribution in [2.75, 3.05) is 20.8 Å². The van der Waals surface area contributed by atoms with Gasteiger partial charge in [0, 0.05) is 6.54 Å². The Morgan fingerprint density at radius 2 is 1.63 bits per heavy atom. The van der Waals surface area contributed by atoms with Crippen LogP contribution in [-0.4, -0.2) is 43.6 Å². The quantitative estimate of drug-likeness (QED) is 0.650. The summed E-state index contributed by atoms with van der Waals surface area (Å²) >= 11 is 0. The normalized spacial score (nSPS) is 11.8. The summed E-state index contributed by atoms with van der Waals surface area (Å²) in [5.41, 5.74) is 0. The first-order valence-electron chi connectivity index (χ1n) is 7.77. The second-order valence-electron chi connectivity index (χ2n) is 5.35. The van der Waals surface area contributed by atoms with E-state index >= 15 is 0 Å². The Hall–Kier alpha value is -2.43. The molecule has 146 valence electrons. The summed E-state index contributed by atoms with van der Waals surface area (Å²) in [5, 5.41) is 0. The van der Waals surface area contributed by atoms with Gasteiger partial charge in [-0.05, 0) is 30.3 Å². The minimum atomic E-state index is -4.12. The summed E-state index contributed by atoms with van der Waals surface area (Å²) in [6.07, 6.45) is -0.167. The van der Waals surface area contributed by atoms with Gasteiger partial charge < -0.3 is 9.47 Å². The van der Waals surface area contributed by atoms with Crippen molar-refractivity contribution in [2.45, 2.75) is 21.1 Å². The first-order chi connectivity index (χ1) is 12.7. The van der Waals surface area contributed by atoms with Crippen molar-refractivity contribution in [1.82, 2.24) is 4.72 Å². The maximum Gasteiger partial charge on any atom is 0.306 e. The van der Waals surface area contributed by atoms with Crippen molar-refractivity contribution in [1.29, 1.82) is 0 Å².